The zero-order chi connectivity index (χ0) is 10.7. The molecule has 0 spiro atoms. The Morgan fingerprint density at radius 1 is 1.57 bits per heavy atom. The minimum Gasteiger partial charge on any atom is -0.481 e. The van der Waals surface area contributed by atoms with Crippen LogP contribution in [0.3, 0.4) is 0 Å². The van der Waals surface area contributed by atoms with Crippen molar-refractivity contribution in [2.45, 2.75) is 12.5 Å². The second-order valence-electron chi connectivity index (χ2n) is 2.91. The number of β-amino-alcohol motifs (C(OH)–C–C–N with tert-alkyl or cyclic N) is 1. The van der Waals surface area contributed by atoms with E-state index in [1.54, 1.807) is 0 Å². The van der Waals surface area contributed by atoms with E-state index in [-0.39, 0.29) is 13.1 Å². The zero-order valence-electron chi connectivity index (χ0n) is 7.27. The molecule has 1 fully saturated rings. The van der Waals surface area contributed by atoms with Gasteiger partial charge in [-0.3, -0.25) is 14.5 Å². The van der Waals surface area contributed by atoms with Crippen molar-refractivity contribution in [2.75, 3.05) is 13.1 Å². The van der Waals surface area contributed by atoms with Crippen LogP contribution in [-0.2, 0) is 9.59 Å². The Labute approximate surface area is 79.3 Å². The molecule has 1 rings (SSSR count). The van der Waals surface area contributed by atoms with E-state index < -0.39 is 30.4 Å². The topological polar surface area (TPSA) is 107 Å². The molecule has 1 aliphatic heterocycles. The van der Waals surface area contributed by atoms with E-state index in [0.29, 0.717) is 0 Å². The summed E-state index contributed by atoms with van der Waals surface area (Å²) in [5.74, 6) is -1.64. The van der Waals surface area contributed by atoms with Gasteiger partial charge in [-0.15, -0.1) is 0 Å². The Hall–Kier alpha value is -1.63. The van der Waals surface area contributed by atoms with Gasteiger partial charge in [0, 0.05) is 0 Å². The molecule has 0 aliphatic carbocycles. The molecule has 7 nitrogen and oxygen atoms in total. The summed E-state index contributed by atoms with van der Waals surface area (Å²) in [6, 6.07) is -0.598. The van der Waals surface area contributed by atoms with Gasteiger partial charge in [-0.2, -0.15) is 0 Å². The summed E-state index contributed by atoms with van der Waals surface area (Å²) < 4.78 is 0. The van der Waals surface area contributed by atoms with Crippen LogP contribution in [0.15, 0.2) is 0 Å². The molecule has 7 heteroatoms. The first-order valence-electron chi connectivity index (χ1n) is 3.98. The molecule has 0 radical (unpaired) electrons. The number of aliphatic hydroxyl groups is 1. The molecule has 1 atom stereocenters. The lowest BCUT2D eigenvalue weighted by molar-refractivity contribution is -0.140. The van der Waals surface area contributed by atoms with Gasteiger partial charge < -0.3 is 15.5 Å². The predicted molar refractivity (Wildman–Crippen MR) is 43.4 cm³/mol. The Morgan fingerprint density at radius 3 is 2.64 bits per heavy atom. The summed E-state index contributed by atoms with van der Waals surface area (Å²) in [7, 11) is 0. The largest absolute Gasteiger partial charge is 0.481 e. The van der Waals surface area contributed by atoms with Crippen LogP contribution in [0, 0.1) is 0 Å². The van der Waals surface area contributed by atoms with Crippen molar-refractivity contribution in [1.82, 2.24) is 10.2 Å². The lowest BCUT2D eigenvalue weighted by Gasteiger charge is -2.15. The monoisotopic (exact) mass is 202 g/mol. The number of rotatable bonds is 4. The van der Waals surface area contributed by atoms with E-state index in [2.05, 4.69) is 5.32 Å². The average molecular weight is 202 g/mol. The van der Waals surface area contributed by atoms with Crippen LogP contribution in [0.4, 0.5) is 4.79 Å². The van der Waals surface area contributed by atoms with Gasteiger partial charge in [-0.25, -0.2) is 4.79 Å². The molecule has 0 aromatic heterocycles. The van der Waals surface area contributed by atoms with Gasteiger partial charge in [0.2, 0.25) is 5.91 Å². The first-order chi connectivity index (χ1) is 6.50. The fourth-order valence-corrected chi connectivity index (χ4v) is 1.12. The predicted octanol–water partition coefficient (Wildman–Crippen LogP) is -1.63. The van der Waals surface area contributed by atoms with Crippen LogP contribution < -0.4 is 5.32 Å². The van der Waals surface area contributed by atoms with Crippen molar-refractivity contribution in [2.24, 2.45) is 0 Å². The fraction of sp³-hybridized carbons (Fsp3) is 0.571. The lowest BCUT2D eigenvalue weighted by atomic mass is 10.2. The quantitative estimate of drug-likeness (QED) is 0.474. The third-order valence-electron chi connectivity index (χ3n) is 1.74. The van der Waals surface area contributed by atoms with E-state index in [0.717, 1.165) is 4.90 Å². The number of carboxylic acids is 1. The highest BCUT2D eigenvalue weighted by Crippen LogP contribution is 2.02. The number of urea groups is 1. The maximum atomic E-state index is 11.0. The smallest absolute Gasteiger partial charge is 0.324 e. The number of aliphatic hydroxyl groups excluding tert-OH is 1. The number of carbonyl (C=O) groups excluding carboxylic acids is 2. The van der Waals surface area contributed by atoms with Gasteiger partial charge in [-0.1, -0.05) is 0 Å². The Bertz CT molecular complexity index is 261. The first-order valence-corrected chi connectivity index (χ1v) is 3.98. The van der Waals surface area contributed by atoms with Gasteiger partial charge >= 0.3 is 12.0 Å². The minimum absolute atomic E-state index is 0.0986. The third-order valence-corrected chi connectivity index (χ3v) is 1.74. The molecular formula is C7H10N2O5. The Balaban J connectivity index is 2.46. The number of carboxylic acid groups (broad SMARTS) is 1. The SMILES string of the molecule is O=C(O)CC(O)CN1C(=O)CNC1=O. The number of imide groups is 1. The standard InChI is InChI=1S/C7H10N2O5/c10-4(1-6(12)13)3-9-5(11)2-8-7(9)14/h4,10H,1-3H2,(H,8,14)(H,12,13). The van der Waals surface area contributed by atoms with E-state index in [1.807, 2.05) is 0 Å². The molecular weight excluding hydrogens is 192 g/mol. The normalized spacial score (nSPS) is 18.2. The summed E-state index contributed by atoms with van der Waals surface area (Å²) >= 11 is 0. The summed E-state index contributed by atoms with van der Waals surface area (Å²) in [5.41, 5.74) is 0. The van der Waals surface area contributed by atoms with Crippen LogP contribution in [0.1, 0.15) is 6.42 Å². The molecule has 0 saturated carbocycles. The molecule has 0 aromatic rings. The van der Waals surface area contributed by atoms with Crippen LogP contribution in [0.25, 0.3) is 0 Å². The molecule has 1 saturated heterocycles. The molecule has 3 N–H and O–H groups in total. The van der Waals surface area contributed by atoms with Crippen LogP contribution in [0.5, 0.6) is 0 Å². The van der Waals surface area contributed by atoms with E-state index >= 15 is 0 Å². The lowest BCUT2D eigenvalue weighted by Crippen LogP contribution is -2.38. The molecule has 1 aliphatic rings. The van der Waals surface area contributed by atoms with Crippen molar-refractivity contribution >= 4 is 17.9 Å². The summed E-state index contributed by atoms with van der Waals surface area (Å²) in [6.07, 6.45) is -1.71. The summed E-state index contributed by atoms with van der Waals surface area (Å²) in [5, 5.41) is 19.7. The molecule has 78 valence electrons. The zero-order valence-corrected chi connectivity index (χ0v) is 7.27. The van der Waals surface area contributed by atoms with Gasteiger partial charge in [0.05, 0.1) is 25.6 Å². The van der Waals surface area contributed by atoms with Crippen molar-refractivity contribution in [3.63, 3.8) is 0 Å². The minimum atomic E-state index is -1.22. The van der Waals surface area contributed by atoms with Gasteiger partial charge in [0.1, 0.15) is 0 Å². The highest BCUT2D eigenvalue weighted by molar-refractivity contribution is 6.01. The van der Waals surface area contributed by atoms with Crippen molar-refractivity contribution < 1.29 is 24.6 Å². The summed E-state index contributed by atoms with van der Waals surface area (Å²) in [6.45, 7) is -0.379. The highest BCUT2D eigenvalue weighted by Gasteiger charge is 2.30. The number of hydrogen-bond acceptors (Lipinski definition) is 4. The molecule has 0 bridgehead atoms. The molecule has 3 amide bonds. The second-order valence-corrected chi connectivity index (χ2v) is 2.91. The molecule has 14 heavy (non-hydrogen) atoms. The number of carbonyl (C=O) groups is 3. The molecule has 0 aromatic carbocycles. The average Bonchev–Trinajstić information content (AvgIpc) is 2.34. The number of aliphatic carboxylic acids is 1. The maximum absolute atomic E-state index is 11.0. The van der Waals surface area contributed by atoms with Crippen LogP contribution >= 0.6 is 0 Å². The Morgan fingerprint density at radius 2 is 2.21 bits per heavy atom. The second kappa shape index (κ2) is 4.05. The van der Waals surface area contributed by atoms with Crippen LogP contribution in [0.2, 0.25) is 0 Å². The van der Waals surface area contributed by atoms with Gasteiger partial charge in [0.15, 0.2) is 0 Å². The van der Waals surface area contributed by atoms with Crippen LogP contribution in [-0.4, -0.2) is 52.2 Å². The van der Waals surface area contributed by atoms with Gasteiger partial charge in [-0.05, 0) is 0 Å². The van der Waals surface area contributed by atoms with E-state index in [4.69, 9.17) is 10.2 Å². The number of amides is 3. The van der Waals surface area contributed by atoms with Crippen molar-refractivity contribution in [1.29, 1.82) is 0 Å². The maximum Gasteiger partial charge on any atom is 0.324 e. The number of nitrogens with zero attached hydrogens (tertiary/aromatic N) is 1. The fourth-order valence-electron chi connectivity index (χ4n) is 1.12. The molecule has 1 heterocycles. The third kappa shape index (κ3) is 2.43. The van der Waals surface area contributed by atoms with Gasteiger partial charge in [0.25, 0.3) is 0 Å². The van der Waals surface area contributed by atoms with Crippen molar-refractivity contribution in [3.8, 4) is 0 Å². The Kier molecular flexibility index (Phi) is 3.03. The number of nitrogens with one attached hydrogen (secondary N) is 1. The van der Waals surface area contributed by atoms with E-state index in [9.17, 15) is 14.4 Å². The van der Waals surface area contributed by atoms with Crippen molar-refractivity contribution in [3.05, 3.63) is 0 Å². The summed E-state index contributed by atoms with van der Waals surface area (Å²) in [4.78, 5) is 32.9. The first kappa shape index (κ1) is 10.5. The molecule has 1 unspecified atom stereocenters. The van der Waals surface area contributed by atoms with E-state index in [1.165, 1.54) is 0 Å². The number of hydrogen-bond donors (Lipinski definition) is 3. The highest BCUT2D eigenvalue weighted by atomic mass is 16.4.